The van der Waals surface area contributed by atoms with Crippen LogP contribution >= 0.6 is 0 Å². The second-order valence-electron chi connectivity index (χ2n) is 9.49. The minimum Gasteiger partial charge on any atom is -0.469 e. The van der Waals surface area contributed by atoms with E-state index in [0.717, 1.165) is 19.3 Å². The van der Waals surface area contributed by atoms with Crippen molar-refractivity contribution in [3.05, 3.63) is 11.6 Å². The topological polar surface area (TPSA) is 46.5 Å². The number of carbonyl (C=O) groups excluding carboxylic acids is 1. The minimum absolute atomic E-state index is 0.00179. The van der Waals surface area contributed by atoms with Gasteiger partial charge in [0.15, 0.2) is 0 Å². The summed E-state index contributed by atoms with van der Waals surface area (Å²) in [5.74, 6) is 1.68. The van der Waals surface area contributed by atoms with E-state index in [1.54, 1.807) is 7.11 Å². The number of rotatable bonds is 2. The van der Waals surface area contributed by atoms with Crippen molar-refractivity contribution in [1.29, 1.82) is 0 Å². The lowest BCUT2D eigenvalue weighted by Gasteiger charge is -2.66. The van der Waals surface area contributed by atoms with Gasteiger partial charge >= 0.3 is 5.97 Å². The minimum atomic E-state index is -0.316. The van der Waals surface area contributed by atoms with Crippen molar-refractivity contribution in [2.24, 2.45) is 34.0 Å². The number of methoxy groups -OCH3 is 1. The Balaban J connectivity index is 1.74. The van der Waals surface area contributed by atoms with Gasteiger partial charge in [0.05, 0.1) is 19.1 Å². The van der Waals surface area contributed by atoms with Gasteiger partial charge in [-0.2, -0.15) is 0 Å². The smallest absolute Gasteiger partial charge is 0.311 e. The van der Waals surface area contributed by atoms with E-state index in [0.29, 0.717) is 17.8 Å². The highest BCUT2D eigenvalue weighted by Crippen LogP contribution is 2.70. The first-order valence-electron chi connectivity index (χ1n) is 9.80. The molecule has 3 fully saturated rings. The monoisotopic (exact) mass is 332 g/mol. The number of fused-ring (bicyclic) bond motifs is 2. The maximum absolute atomic E-state index is 12.6. The maximum Gasteiger partial charge on any atom is 0.311 e. The Morgan fingerprint density at radius 2 is 1.96 bits per heavy atom. The first-order valence-corrected chi connectivity index (χ1v) is 9.80. The molecule has 0 amide bonds. The zero-order valence-electron chi connectivity index (χ0n) is 15.4. The van der Waals surface area contributed by atoms with Crippen LogP contribution in [0.4, 0.5) is 0 Å². The van der Waals surface area contributed by atoms with Gasteiger partial charge in [0, 0.05) is 0 Å². The average Bonchev–Trinajstić information content (AvgIpc) is 2.60. The molecule has 5 aliphatic carbocycles. The molecule has 0 radical (unpaired) electrons. The van der Waals surface area contributed by atoms with Crippen molar-refractivity contribution in [1.82, 2.24) is 0 Å². The Hall–Kier alpha value is -0.830. The van der Waals surface area contributed by atoms with Crippen LogP contribution in [0, 0.1) is 34.0 Å². The van der Waals surface area contributed by atoms with Crippen LogP contribution in [-0.2, 0) is 9.53 Å². The number of ether oxygens (including phenoxy) is 1. The molecular formula is C21H32O3. The third-order valence-corrected chi connectivity index (χ3v) is 8.68. The van der Waals surface area contributed by atoms with Gasteiger partial charge in [-0.15, -0.1) is 0 Å². The van der Waals surface area contributed by atoms with E-state index in [-0.39, 0.29) is 28.8 Å². The molecule has 5 aliphatic rings. The molecule has 1 N–H and O–H groups in total. The highest BCUT2D eigenvalue weighted by Gasteiger charge is 2.64. The third kappa shape index (κ3) is 1.97. The van der Waals surface area contributed by atoms with E-state index in [9.17, 15) is 9.90 Å². The Bertz CT molecular complexity index is 582. The molecule has 1 spiro atoms. The number of aliphatic hydroxyl groups is 1. The van der Waals surface area contributed by atoms with E-state index in [2.05, 4.69) is 19.9 Å². The van der Waals surface area contributed by atoms with Crippen LogP contribution in [0.1, 0.15) is 65.2 Å². The Morgan fingerprint density at radius 1 is 1.21 bits per heavy atom. The lowest BCUT2D eigenvalue weighted by atomic mass is 9.38. The van der Waals surface area contributed by atoms with E-state index in [1.807, 2.05) is 0 Å². The zero-order chi connectivity index (χ0) is 17.2. The normalized spacial score (nSPS) is 49.8. The molecule has 6 atom stereocenters. The summed E-state index contributed by atoms with van der Waals surface area (Å²) < 4.78 is 5.23. The van der Waals surface area contributed by atoms with E-state index >= 15 is 0 Å². The zero-order valence-corrected chi connectivity index (χ0v) is 15.4. The summed E-state index contributed by atoms with van der Waals surface area (Å²) >= 11 is 0. The van der Waals surface area contributed by atoms with E-state index in [4.69, 9.17) is 4.74 Å². The summed E-state index contributed by atoms with van der Waals surface area (Å²) in [4.78, 5) is 12.6. The molecule has 0 aromatic rings. The first-order chi connectivity index (χ1) is 11.4. The Morgan fingerprint density at radius 3 is 2.67 bits per heavy atom. The first kappa shape index (κ1) is 16.6. The summed E-state index contributed by atoms with van der Waals surface area (Å²) in [7, 11) is 1.54. The summed E-state index contributed by atoms with van der Waals surface area (Å²) in [6, 6.07) is 0. The molecule has 5 rings (SSSR count). The van der Waals surface area contributed by atoms with Gasteiger partial charge in [-0.1, -0.05) is 19.4 Å². The van der Waals surface area contributed by atoms with Crippen molar-refractivity contribution in [3.63, 3.8) is 0 Å². The Kier molecular flexibility index (Phi) is 3.69. The average molecular weight is 332 g/mol. The fourth-order valence-electron chi connectivity index (χ4n) is 7.59. The number of esters is 1. The standard InChI is InChI=1S/C21H32O3/c1-19-7-4-8-20(2,18(23)24-3)16(19)6-10-21-9-5-14(11-17(19)21)15(12-21)13-22/h12,14,16-17,22H,4-11,13H2,1-3H3/t14-,16+,17+,19-,20-,21-/m1/s1. The summed E-state index contributed by atoms with van der Waals surface area (Å²) in [5, 5.41) is 9.75. The molecule has 134 valence electrons. The molecule has 0 aliphatic heterocycles. The third-order valence-electron chi connectivity index (χ3n) is 8.68. The molecule has 0 heterocycles. The van der Waals surface area contributed by atoms with E-state index in [1.165, 1.54) is 37.7 Å². The van der Waals surface area contributed by atoms with Crippen molar-refractivity contribution < 1.29 is 14.6 Å². The summed E-state index contributed by atoms with van der Waals surface area (Å²) in [6.45, 7) is 4.87. The molecule has 0 aromatic heterocycles. The quantitative estimate of drug-likeness (QED) is 0.612. The van der Waals surface area contributed by atoms with Crippen molar-refractivity contribution in [2.45, 2.75) is 65.2 Å². The van der Waals surface area contributed by atoms with Gasteiger partial charge < -0.3 is 9.84 Å². The summed E-state index contributed by atoms with van der Waals surface area (Å²) in [5.41, 5.74) is 1.50. The lowest BCUT2D eigenvalue weighted by molar-refractivity contribution is -0.183. The van der Waals surface area contributed by atoms with E-state index < -0.39 is 0 Å². The number of carbonyl (C=O) groups is 1. The Labute approximate surface area is 145 Å². The predicted octanol–water partition coefficient (Wildman–Crippen LogP) is 4.10. The second-order valence-corrected chi connectivity index (χ2v) is 9.49. The molecular weight excluding hydrogens is 300 g/mol. The number of allylic oxidation sites excluding steroid dienone is 1. The van der Waals surface area contributed by atoms with Gasteiger partial charge in [-0.3, -0.25) is 4.79 Å². The van der Waals surface area contributed by atoms with Gasteiger partial charge in [0.2, 0.25) is 0 Å². The second kappa shape index (κ2) is 5.33. The maximum atomic E-state index is 12.6. The van der Waals surface area contributed by atoms with Crippen molar-refractivity contribution in [2.75, 3.05) is 13.7 Å². The van der Waals surface area contributed by atoms with Gasteiger partial charge in [0.25, 0.3) is 0 Å². The molecule has 0 aromatic carbocycles. The fourth-order valence-corrected chi connectivity index (χ4v) is 7.59. The van der Waals surface area contributed by atoms with Crippen LogP contribution in [0.2, 0.25) is 0 Å². The highest BCUT2D eigenvalue weighted by molar-refractivity contribution is 5.77. The van der Waals surface area contributed by atoms with Gasteiger partial charge in [-0.25, -0.2) is 0 Å². The molecule has 3 nitrogen and oxygen atoms in total. The van der Waals surface area contributed by atoms with Crippen LogP contribution < -0.4 is 0 Å². The van der Waals surface area contributed by atoms with Crippen LogP contribution in [0.3, 0.4) is 0 Å². The lowest BCUT2D eigenvalue weighted by Crippen LogP contribution is -2.60. The molecule has 2 bridgehead atoms. The highest BCUT2D eigenvalue weighted by atomic mass is 16.5. The van der Waals surface area contributed by atoms with Crippen LogP contribution in [0.15, 0.2) is 11.6 Å². The molecule has 0 unspecified atom stereocenters. The van der Waals surface area contributed by atoms with Crippen LogP contribution in [0.5, 0.6) is 0 Å². The molecule has 24 heavy (non-hydrogen) atoms. The molecule has 3 heteroatoms. The van der Waals surface area contributed by atoms with Crippen LogP contribution in [0.25, 0.3) is 0 Å². The number of hydrogen-bond donors (Lipinski definition) is 1. The summed E-state index contributed by atoms with van der Waals surface area (Å²) in [6.07, 6.45) is 11.9. The predicted molar refractivity (Wildman–Crippen MR) is 93.2 cm³/mol. The fraction of sp³-hybridized carbons (Fsp3) is 0.857. The van der Waals surface area contributed by atoms with Gasteiger partial charge in [0.1, 0.15) is 0 Å². The SMILES string of the molecule is COC(=O)[C@]1(C)CCC[C@@]2(C)[C@@H]3C[C@H]4CC[C@]3(C=C4CO)CC[C@@H]21. The van der Waals surface area contributed by atoms with Crippen molar-refractivity contribution >= 4 is 5.97 Å². The van der Waals surface area contributed by atoms with Crippen molar-refractivity contribution in [3.8, 4) is 0 Å². The molecule has 0 saturated heterocycles. The molecule has 3 saturated carbocycles. The largest absolute Gasteiger partial charge is 0.469 e. The van der Waals surface area contributed by atoms with Gasteiger partial charge in [-0.05, 0) is 86.0 Å². The number of aliphatic hydroxyl groups excluding tert-OH is 1. The number of hydrogen-bond acceptors (Lipinski definition) is 3. The van der Waals surface area contributed by atoms with Crippen LogP contribution in [-0.4, -0.2) is 24.8 Å².